The number of unbranched alkanes of at least 4 members (excludes halogenated alkanes) is 5. The SMILES string of the molecule is C/C=C/C(=O)OCCCCCCCC#N. The summed E-state index contributed by atoms with van der Waals surface area (Å²) < 4.78 is 4.93. The van der Waals surface area contributed by atoms with Gasteiger partial charge in [-0.05, 0) is 19.8 Å². The molecule has 0 spiro atoms. The third kappa shape index (κ3) is 10.6. The van der Waals surface area contributed by atoms with Gasteiger partial charge in [0.1, 0.15) is 0 Å². The first-order chi connectivity index (χ1) is 7.31. The van der Waals surface area contributed by atoms with Crippen LogP contribution < -0.4 is 0 Å². The Balaban J connectivity index is 3.12. The molecule has 0 aliphatic rings. The highest BCUT2D eigenvalue weighted by Crippen LogP contribution is 2.04. The number of ether oxygens (including phenoxy) is 1. The number of esters is 1. The first kappa shape index (κ1) is 13.7. The Labute approximate surface area is 91.7 Å². The summed E-state index contributed by atoms with van der Waals surface area (Å²) in [5.74, 6) is -0.262. The van der Waals surface area contributed by atoms with Crippen molar-refractivity contribution in [2.75, 3.05) is 6.61 Å². The van der Waals surface area contributed by atoms with Crippen LogP contribution in [0, 0.1) is 11.3 Å². The van der Waals surface area contributed by atoms with Gasteiger partial charge >= 0.3 is 5.97 Å². The average Bonchev–Trinajstić information content (AvgIpc) is 2.22. The van der Waals surface area contributed by atoms with E-state index in [1.165, 1.54) is 6.08 Å². The van der Waals surface area contributed by atoms with Crippen LogP contribution in [-0.2, 0) is 9.53 Å². The summed E-state index contributed by atoms with van der Waals surface area (Å²) in [5, 5.41) is 8.30. The molecule has 3 nitrogen and oxygen atoms in total. The lowest BCUT2D eigenvalue weighted by molar-refractivity contribution is -0.137. The van der Waals surface area contributed by atoms with Crippen molar-refractivity contribution in [3.05, 3.63) is 12.2 Å². The molecule has 15 heavy (non-hydrogen) atoms. The van der Waals surface area contributed by atoms with Gasteiger partial charge < -0.3 is 4.74 Å². The molecule has 0 aromatic carbocycles. The lowest BCUT2D eigenvalue weighted by atomic mass is 10.1. The second kappa shape index (κ2) is 10.8. The first-order valence-corrected chi connectivity index (χ1v) is 5.47. The van der Waals surface area contributed by atoms with Gasteiger partial charge in [-0.25, -0.2) is 4.79 Å². The molecule has 0 fully saturated rings. The third-order valence-electron chi connectivity index (χ3n) is 1.98. The quantitative estimate of drug-likeness (QED) is 0.351. The third-order valence-corrected chi connectivity index (χ3v) is 1.98. The molecule has 0 aromatic heterocycles. The van der Waals surface area contributed by atoms with E-state index in [0.29, 0.717) is 13.0 Å². The Kier molecular flexibility index (Phi) is 9.84. The molecular weight excluding hydrogens is 190 g/mol. The fraction of sp³-hybridized carbons (Fsp3) is 0.667. The minimum absolute atomic E-state index is 0.262. The Morgan fingerprint density at radius 3 is 2.60 bits per heavy atom. The Bertz CT molecular complexity index is 228. The molecule has 0 bridgehead atoms. The Morgan fingerprint density at radius 1 is 1.27 bits per heavy atom. The summed E-state index contributed by atoms with van der Waals surface area (Å²) in [6.07, 6.45) is 8.91. The normalized spacial score (nSPS) is 10.1. The minimum atomic E-state index is -0.262. The van der Waals surface area contributed by atoms with E-state index in [4.69, 9.17) is 10.00 Å². The topological polar surface area (TPSA) is 50.1 Å². The van der Waals surface area contributed by atoms with E-state index < -0.39 is 0 Å². The number of carbonyl (C=O) groups excluding carboxylic acids is 1. The van der Waals surface area contributed by atoms with Gasteiger partial charge in [0.05, 0.1) is 12.7 Å². The minimum Gasteiger partial charge on any atom is -0.463 e. The summed E-state index contributed by atoms with van der Waals surface area (Å²) in [7, 11) is 0. The Morgan fingerprint density at radius 2 is 1.93 bits per heavy atom. The van der Waals surface area contributed by atoms with Gasteiger partial charge in [0.15, 0.2) is 0 Å². The highest BCUT2D eigenvalue weighted by Gasteiger charge is 1.95. The van der Waals surface area contributed by atoms with Crippen LogP contribution in [0.1, 0.15) is 45.4 Å². The maximum atomic E-state index is 10.9. The molecule has 0 amide bonds. The fourth-order valence-electron chi connectivity index (χ4n) is 1.19. The van der Waals surface area contributed by atoms with E-state index in [0.717, 1.165) is 32.1 Å². The number of nitriles is 1. The van der Waals surface area contributed by atoms with Crippen LogP contribution in [0.3, 0.4) is 0 Å². The van der Waals surface area contributed by atoms with Crippen molar-refractivity contribution in [2.24, 2.45) is 0 Å². The molecule has 0 radical (unpaired) electrons. The van der Waals surface area contributed by atoms with E-state index >= 15 is 0 Å². The summed E-state index contributed by atoms with van der Waals surface area (Å²) in [4.78, 5) is 10.9. The maximum absolute atomic E-state index is 10.9. The maximum Gasteiger partial charge on any atom is 0.330 e. The van der Waals surface area contributed by atoms with Crippen LogP contribution in [0.5, 0.6) is 0 Å². The number of carbonyl (C=O) groups is 1. The predicted octanol–water partition coefficient (Wildman–Crippen LogP) is 2.97. The van der Waals surface area contributed by atoms with Gasteiger partial charge in [0.25, 0.3) is 0 Å². The predicted molar refractivity (Wildman–Crippen MR) is 59.1 cm³/mol. The molecule has 0 heterocycles. The lowest BCUT2D eigenvalue weighted by Crippen LogP contribution is -2.01. The molecule has 0 saturated heterocycles. The van der Waals surface area contributed by atoms with Crippen molar-refractivity contribution < 1.29 is 9.53 Å². The molecule has 84 valence electrons. The molecular formula is C12H19NO2. The van der Waals surface area contributed by atoms with E-state index in [2.05, 4.69) is 6.07 Å². The molecule has 0 rings (SSSR count). The second-order valence-electron chi connectivity index (χ2n) is 3.34. The van der Waals surface area contributed by atoms with Gasteiger partial charge in [-0.2, -0.15) is 5.26 Å². The van der Waals surface area contributed by atoms with E-state index in [9.17, 15) is 4.79 Å². The zero-order valence-corrected chi connectivity index (χ0v) is 9.37. The van der Waals surface area contributed by atoms with Crippen LogP contribution in [0.25, 0.3) is 0 Å². The van der Waals surface area contributed by atoms with E-state index in [-0.39, 0.29) is 5.97 Å². The van der Waals surface area contributed by atoms with Crippen molar-refractivity contribution in [1.29, 1.82) is 5.26 Å². The molecule has 0 saturated carbocycles. The molecule has 0 unspecified atom stereocenters. The van der Waals surface area contributed by atoms with Crippen LogP contribution in [-0.4, -0.2) is 12.6 Å². The summed E-state index contributed by atoms with van der Waals surface area (Å²) in [6, 6.07) is 2.12. The highest BCUT2D eigenvalue weighted by molar-refractivity contribution is 5.81. The van der Waals surface area contributed by atoms with Crippen molar-refractivity contribution in [3.63, 3.8) is 0 Å². The van der Waals surface area contributed by atoms with Crippen LogP contribution in [0.2, 0.25) is 0 Å². The first-order valence-electron chi connectivity index (χ1n) is 5.47. The summed E-state index contributed by atoms with van der Waals surface area (Å²) >= 11 is 0. The highest BCUT2D eigenvalue weighted by atomic mass is 16.5. The van der Waals surface area contributed by atoms with Gasteiger partial charge in [-0.15, -0.1) is 0 Å². The second-order valence-corrected chi connectivity index (χ2v) is 3.34. The zero-order chi connectivity index (χ0) is 11.4. The lowest BCUT2D eigenvalue weighted by Gasteiger charge is -2.01. The van der Waals surface area contributed by atoms with Gasteiger partial charge in [-0.1, -0.05) is 25.3 Å². The average molecular weight is 209 g/mol. The molecule has 3 heteroatoms. The number of rotatable bonds is 8. The fourth-order valence-corrected chi connectivity index (χ4v) is 1.19. The van der Waals surface area contributed by atoms with Crippen molar-refractivity contribution in [2.45, 2.75) is 45.4 Å². The van der Waals surface area contributed by atoms with Crippen LogP contribution in [0.15, 0.2) is 12.2 Å². The molecule has 0 aliphatic heterocycles. The standard InChI is InChI=1S/C12H19NO2/c1-2-9-12(14)15-11-8-6-4-3-5-7-10-13/h2,9H,3-8,11H2,1H3/b9-2+. The van der Waals surface area contributed by atoms with E-state index in [1.807, 2.05) is 0 Å². The molecule has 0 N–H and O–H groups in total. The Hall–Kier alpha value is -1.30. The zero-order valence-electron chi connectivity index (χ0n) is 9.37. The number of hydrogen-bond donors (Lipinski definition) is 0. The van der Waals surface area contributed by atoms with Gasteiger partial charge in [-0.3, -0.25) is 0 Å². The number of nitrogens with zero attached hydrogens (tertiary/aromatic N) is 1. The summed E-state index contributed by atoms with van der Waals surface area (Å²) in [6.45, 7) is 2.29. The summed E-state index contributed by atoms with van der Waals surface area (Å²) in [5.41, 5.74) is 0. The number of hydrogen-bond acceptors (Lipinski definition) is 3. The smallest absolute Gasteiger partial charge is 0.330 e. The number of allylic oxidation sites excluding steroid dienone is 1. The molecule has 0 aromatic rings. The van der Waals surface area contributed by atoms with Crippen LogP contribution >= 0.6 is 0 Å². The van der Waals surface area contributed by atoms with Crippen LogP contribution in [0.4, 0.5) is 0 Å². The van der Waals surface area contributed by atoms with Gasteiger partial charge in [0, 0.05) is 12.5 Å². The van der Waals surface area contributed by atoms with Gasteiger partial charge in [0.2, 0.25) is 0 Å². The molecule has 0 aliphatic carbocycles. The van der Waals surface area contributed by atoms with Crippen molar-refractivity contribution in [3.8, 4) is 6.07 Å². The van der Waals surface area contributed by atoms with E-state index in [1.54, 1.807) is 13.0 Å². The largest absolute Gasteiger partial charge is 0.463 e. The van der Waals surface area contributed by atoms with Crippen molar-refractivity contribution in [1.82, 2.24) is 0 Å². The molecule has 0 atom stereocenters. The van der Waals surface area contributed by atoms with Crippen molar-refractivity contribution >= 4 is 5.97 Å². The monoisotopic (exact) mass is 209 g/mol.